The van der Waals surface area contributed by atoms with Crippen molar-refractivity contribution in [2.24, 2.45) is 4.99 Å². The zero-order valence-electron chi connectivity index (χ0n) is 8.21. The third-order valence-corrected chi connectivity index (χ3v) is 2.12. The molecule has 0 heterocycles. The molecule has 13 heavy (non-hydrogen) atoms. The summed E-state index contributed by atoms with van der Waals surface area (Å²) >= 11 is 1.47. The molecule has 0 aromatic heterocycles. The SMILES string of the molecule is C=C=CC(CC(C)=NC)NSC=C. The van der Waals surface area contributed by atoms with Gasteiger partial charge in [-0.2, -0.15) is 0 Å². The summed E-state index contributed by atoms with van der Waals surface area (Å²) in [5.74, 6) is 0. The molecule has 0 aliphatic heterocycles. The van der Waals surface area contributed by atoms with Crippen LogP contribution in [0, 0.1) is 0 Å². The van der Waals surface area contributed by atoms with Crippen LogP contribution in [0.4, 0.5) is 0 Å². The predicted molar refractivity (Wildman–Crippen MR) is 62.1 cm³/mol. The second-order valence-electron chi connectivity index (χ2n) is 2.54. The first-order valence-electron chi connectivity index (χ1n) is 4.04. The third-order valence-electron chi connectivity index (χ3n) is 1.52. The van der Waals surface area contributed by atoms with Crippen molar-refractivity contribution in [2.75, 3.05) is 7.05 Å². The molecule has 72 valence electrons. The Morgan fingerprint density at radius 2 is 2.46 bits per heavy atom. The van der Waals surface area contributed by atoms with Crippen molar-refractivity contribution < 1.29 is 0 Å². The number of aliphatic imine (C=N–C) groups is 1. The molecular formula is C10H16N2S. The standard InChI is InChI=1S/C10H16N2S/c1-5-7-10(12-13-6-2)8-9(3)11-4/h6-7,10,12H,1-2,8H2,3-4H3. The van der Waals surface area contributed by atoms with E-state index < -0.39 is 0 Å². The van der Waals surface area contributed by atoms with Crippen LogP contribution in [-0.2, 0) is 0 Å². The second kappa shape index (κ2) is 7.87. The fourth-order valence-corrected chi connectivity index (χ4v) is 1.24. The van der Waals surface area contributed by atoms with Gasteiger partial charge in [0.05, 0.1) is 0 Å². The molecule has 1 N–H and O–H groups in total. The molecule has 3 heteroatoms. The minimum Gasteiger partial charge on any atom is -0.298 e. The van der Waals surface area contributed by atoms with Crippen LogP contribution < -0.4 is 4.72 Å². The average Bonchev–Trinajstić information content (AvgIpc) is 2.14. The van der Waals surface area contributed by atoms with Crippen LogP contribution in [0.25, 0.3) is 0 Å². The van der Waals surface area contributed by atoms with Gasteiger partial charge in [0.15, 0.2) is 0 Å². The van der Waals surface area contributed by atoms with E-state index in [0.717, 1.165) is 12.1 Å². The highest BCUT2D eigenvalue weighted by Crippen LogP contribution is 2.03. The van der Waals surface area contributed by atoms with E-state index in [1.165, 1.54) is 11.9 Å². The van der Waals surface area contributed by atoms with Gasteiger partial charge in [-0.1, -0.05) is 25.1 Å². The summed E-state index contributed by atoms with van der Waals surface area (Å²) in [6.45, 7) is 9.16. The van der Waals surface area contributed by atoms with Crippen molar-refractivity contribution >= 4 is 17.7 Å². The number of nitrogens with zero attached hydrogens (tertiary/aromatic N) is 1. The molecule has 0 spiro atoms. The van der Waals surface area contributed by atoms with E-state index in [1.54, 1.807) is 12.5 Å². The van der Waals surface area contributed by atoms with E-state index in [4.69, 9.17) is 0 Å². The second-order valence-corrected chi connectivity index (χ2v) is 3.35. The maximum absolute atomic E-state index is 4.09. The summed E-state index contributed by atoms with van der Waals surface area (Å²) < 4.78 is 3.20. The smallest absolute Gasteiger partial charge is 0.0480 e. The highest BCUT2D eigenvalue weighted by molar-refractivity contribution is 8.00. The van der Waals surface area contributed by atoms with Crippen molar-refractivity contribution in [2.45, 2.75) is 19.4 Å². The van der Waals surface area contributed by atoms with Gasteiger partial charge in [-0.25, -0.2) is 0 Å². The molecule has 0 saturated heterocycles. The van der Waals surface area contributed by atoms with Crippen molar-refractivity contribution in [1.29, 1.82) is 0 Å². The van der Waals surface area contributed by atoms with E-state index in [9.17, 15) is 0 Å². The lowest BCUT2D eigenvalue weighted by atomic mass is 10.1. The Balaban J connectivity index is 4.08. The van der Waals surface area contributed by atoms with Crippen molar-refractivity contribution in [3.63, 3.8) is 0 Å². The summed E-state index contributed by atoms with van der Waals surface area (Å²) in [5, 5.41) is 1.75. The number of rotatable bonds is 6. The minimum absolute atomic E-state index is 0.226. The Labute approximate surface area is 84.7 Å². The summed E-state index contributed by atoms with van der Waals surface area (Å²) in [7, 11) is 1.80. The Morgan fingerprint density at radius 3 is 2.92 bits per heavy atom. The van der Waals surface area contributed by atoms with Crippen LogP contribution in [0.1, 0.15) is 13.3 Å². The maximum Gasteiger partial charge on any atom is 0.0480 e. The van der Waals surface area contributed by atoms with Crippen LogP contribution in [-0.4, -0.2) is 18.8 Å². The quantitative estimate of drug-likeness (QED) is 0.401. The minimum atomic E-state index is 0.226. The lowest BCUT2D eigenvalue weighted by molar-refractivity contribution is 0.797. The molecule has 2 nitrogen and oxygen atoms in total. The van der Waals surface area contributed by atoms with Crippen LogP contribution in [0.2, 0.25) is 0 Å². The largest absolute Gasteiger partial charge is 0.298 e. The first kappa shape index (κ1) is 12.2. The molecular weight excluding hydrogens is 180 g/mol. The van der Waals surface area contributed by atoms with Gasteiger partial charge in [0.25, 0.3) is 0 Å². The first-order chi connectivity index (χ1) is 6.24. The van der Waals surface area contributed by atoms with Crippen molar-refractivity contribution in [1.82, 2.24) is 4.72 Å². The molecule has 0 radical (unpaired) electrons. The summed E-state index contributed by atoms with van der Waals surface area (Å²) in [4.78, 5) is 4.09. The van der Waals surface area contributed by atoms with E-state index >= 15 is 0 Å². The van der Waals surface area contributed by atoms with Gasteiger partial charge >= 0.3 is 0 Å². The van der Waals surface area contributed by atoms with Gasteiger partial charge in [0.2, 0.25) is 0 Å². The molecule has 1 unspecified atom stereocenters. The lowest BCUT2D eigenvalue weighted by Gasteiger charge is -2.11. The zero-order chi connectivity index (χ0) is 10.1. The Bertz CT molecular complexity index is 227. The number of hydrogen-bond acceptors (Lipinski definition) is 3. The molecule has 0 aromatic rings. The normalized spacial score (nSPS) is 13.2. The monoisotopic (exact) mass is 196 g/mol. The summed E-state index contributed by atoms with van der Waals surface area (Å²) in [5.41, 5.74) is 3.87. The number of nitrogens with one attached hydrogen (secondary N) is 1. The molecule has 1 atom stereocenters. The topological polar surface area (TPSA) is 24.4 Å². The maximum atomic E-state index is 4.09. The van der Waals surface area contributed by atoms with Crippen molar-refractivity contribution in [3.8, 4) is 0 Å². The molecule has 0 saturated carbocycles. The fourth-order valence-electron chi connectivity index (χ4n) is 0.822. The van der Waals surface area contributed by atoms with Gasteiger partial charge < -0.3 is 0 Å². The molecule has 0 fully saturated rings. The van der Waals surface area contributed by atoms with E-state index in [0.29, 0.717) is 0 Å². The van der Waals surface area contributed by atoms with Crippen molar-refractivity contribution in [3.05, 3.63) is 30.4 Å². The van der Waals surface area contributed by atoms with Gasteiger partial charge in [-0.3, -0.25) is 9.71 Å². The third kappa shape index (κ3) is 6.41. The van der Waals surface area contributed by atoms with Crippen LogP contribution in [0.3, 0.4) is 0 Å². The van der Waals surface area contributed by atoms with Crippen LogP contribution in [0.15, 0.2) is 35.4 Å². The summed E-state index contributed by atoms with van der Waals surface area (Å²) in [6, 6.07) is 0.226. The first-order valence-corrected chi connectivity index (χ1v) is 4.92. The van der Waals surface area contributed by atoms with Gasteiger partial charge in [-0.15, -0.1) is 5.73 Å². The Kier molecular flexibility index (Phi) is 7.41. The molecule has 0 rings (SSSR count). The van der Waals surface area contributed by atoms with Gasteiger partial charge in [0, 0.05) is 25.2 Å². The molecule has 0 aliphatic carbocycles. The predicted octanol–water partition coefficient (Wildman–Crippen LogP) is 2.56. The average molecular weight is 196 g/mol. The highest BCUT2D eigenvalue weighted by Gasteiger charge is 2.04. The number of hydrogen-bond donors (Lipinski definition) is 1. The van der Waals surface area contributed by atoms with E-state index in [2.05, 4.69) is 28.6 Å². The van der Waals surface area contributed by atoms with Crippen LogP contribution in [0.5, 0.6) is 0 Å². The molecule has 0 bridgehead atoms. The summed E-state index contributed by atoms with van der Waals surface area (Å²) in [6.07, 6.45) is 2.77. The molecule has 0 aromatic carbocycles. The molecule has 0 amide bonds. The van der Waals surface area contributed by atoms with Gasteiger partial charge in [-0.05, 0) is 18.4 Å². The molecule has 0 aliphatic rings. The zero-order valence-corrected chi connectivity index (χ0v) is 9.03. The van der Waals surface area contributed by atoms with Gasteiger partial charge in [0.1, 0.15) is 0 Å². The highest BCUT2D eigenvalue weighted by atomic mass is 32.2. The van der Waals surface area contributed by atoms with E-state index in [-0.39, 0.29) is 6.04 Å². The Hall–Kier alpha value is -0.760. The lowest BCUT2D eigenvalue weighted by Crippen LogP contribution is -2.22. The van der Waals surface area contributed by atoms with Crippen LogP contribution >= 0.6 is 11.9 Å². The van der Waals surface area contributed by atoms with E-state index in [1.807, 2.05) is 13.0 Å². The fraction of sp³-hybridized carbons (Fsp3) is 0.400. The Morgan fingerprint density at radius 1 is 1.77 bits per heavy atom.